The molecule has 0 aromatic carbocycles. The topological polar surface area (TPSA) is 53.6 Å². The van der Waals surface area contributed by atoms with Crippen molar-refractivity contribution in [3.05, 3.63) is 0 Å². The summed E-state index contributed by atoms with van der Waals surface area (Å²) in [6.07, 6.45) is 2.31. The zero-order valence-corrected chi connectivity index (χ0v) is 13.8. The molecule has 0 spiro atoms. The van der Waals surface area contributed by atoms with Crippen molar-refractivity contribution in [1.29, 1.82) is 0 Å². The smallest absolute Gasteiger partial charge is 0.234 e. The molecule has 1 heterocycles. The first-order chi connectivity index (χ1) is 9.22. The summed E-state index contributed by atoms with van der Waals surface area (Å²) in [4.78, 5) is 14.1. The molecule has 0 bridgehead atoms. The standard InChI is InChI=1S/C14H29N3O2.ClH/c1-4-12(5-2)13(10-16-14(18)11-15-3)17-6-8-19-9-7-17;/h12-13,15H,4-11H2,1-3H3,(H,16,18);1H. The summed E-state index contributed by atoms with van der Waals surface area (Å²) in [5.41, 5.74) is 0. The molecular formula is C14H30ClN3O2. The number of nitrogens with one attached hydrogen (secondary N) is 2. The fraction of sp³-hybridized carbons (Fsp3) is 0.929. The lowest BCUT2D eigenvalue weighted by Crippen LogP contribution is -2.52. The first kappa shape index (κ1) is 19.6. The molecule has 0 aliphatic carbocycles. The van der Waals surface area contributed by atoms with E-state index in [4.69, 9.17) is 4.74 Å². The molecule has 1 fully saturated rings. The van der Waals surface area contributed by atoms with Crippen LogP contribution in [0.3, 0.4) is 0 Å². The molecule has 0 radical (unpaired) electrons. The number of rotatable bonds is 8. The lowest BCUT2D eigenvalue weighted by atomic mass is 9.92. The van der Waals surface area contributed by atoms with Gasteiger partial charge in [-0.15, -0.1) is 12.4 Å². The number of likely N-dealkylation sites (N-methyl/N-ethyl adjacent to an activating group) is 1. The second-order valence-electron chi connectivity index (χ2n) is 5.13. The molecule has 1 aliphatic heterocycles. The maximum Gasteiger partial charge on any atom is 0.234 e. The van der Waals surface area contributed by atoms with Gasteiger partial charge in [0.25, 0.3) is 0 Å². The van der Waals surface area contributed by atoms with Gasteiger partial charge >= 0.3 is 0 Å². The highest BCUT2D eigenvalue weighted by Crippen LogP contribution is 2.19. The van der Waals surface area contributed by atoms with Crippen LogP contribution in [0.25, 0.3) is 0 Å². The zero-order chi connectivity index (χ0) is 14.1. The number of ether oxygens (including phenoxy) is 1. The van der Waals surface area contributed by atoms with Crippen LogP contribution in [0.2, 0.25) is 0 Å². The Balaban J connectivity index is 0.00000361. The average molecular weight is 308 g/mol. The molecular weight excluding hydrogens is 278 g/mol. The Kier molecular flexibility index (Phi) is 11.1. The van der Waals surface area contributed by atoms with E-state index in [1.807, 2.05) is 0 Å². The Morgan fingerprint density at radius 1 is 1.25 bits per heavy atom. The van der Waals surface area contributed by atoms with Crippen LogP contribution in [-0.4, -0.2) is 63.3 Å². The van der Waals surface area contributed by atoms with Crippen LogP contribution in [0.5, 0.6) is 0 Å². The van der Waals surface area contributed by atoms with Gasteiger partial charge in [0.15, 0.2) is 0 Å². The number of carbonyl (C=O) groups excluding carboxylic acids is 1. The molecule has 1 amide bonds. The maximum atomic E-state index is 11.6. The number of hydrogen-bond acceptors (Lipinski definition) is 4. The summed E-state index contributed by atoms with van der Waals surface area (Å²) < 4.78 is 5.42. The minimum Gasteiger partial charge on any atom is -0.379 e. The first-order valence-corrected chi connectivity index (χ1v) is 7.46. The molecule has 1 aliphatic rings. The summed E-state index contributed by atoms with van der Waals surface area (Å²) >= 11 is 0. The van der Waals surface area contributed by atoms with Crippen LogP contribution < -0.4 is 10.6 Å². The molecule has 0 aromatic heterocycles. The van der Waals surface area contributed by atoms with Crippen LogP contribution in [0.1, 0.15) is 26.7 Å². The van der Waals surface area contributed by atoms with Crippen molar-refractivity contribution in [3.63, 3.8) is 0 Å². The predicted octanol–water partition coefficient (Wildman–Crippen LogP) is 0.881. The van der Waals surface area contributed by atoms with Gasteiger partial charge in [0, 0.05) is 25.7 Å². The number of hydrogen-bond donors (Lipinski definition) is 2. The molecule has 20 heavy (non-hydrogen) atoms. The third kappa shape index (κ3) is 6.39. The third-order valence-corrected chi connectivity index (χ3v) is 3.95. The van der Waals surface area contributed by atoms with Gasteiger partial charge in [0.05, 0.1) is 19.8 Å². The van der Waals surface area contributed by atoms with Crippen LogP contribution in [0.4, 0.5) is 0 Å². The van der Waals surface area contributed by atoms with Crippen molar-refractivity contribution < 1.29 is 9.53 Å². The van der Waals surface area contributed by atoms with Gasteiger partial charge in [-0.25, -0.2) is 0 Å². The van der Waals surface area contributed by atoms with E-state index < -0.39 is 0 Å². The molecule has 0 saturated carbocycles. The summed E-state index contributed by atoms with van der Waals surface area (Å²) in [6, 6.07) is 0.430. The van der Waals surface area contributed by atoms with E-state index in [9.17, 15) is 4.79 Å². The van der Waals surface area contributed by atoms with E-state index in [2.05, 4.69) is 29.4 Å². The quantitative estimate of drug-likeness (QED) is 0.699. The normalized spacial score (nSPS) is 17.6. The second-order valence-corrected chi connectivity index (χ2v) is 5.13. The van der Waals surface area contributed by atoms with Crippen molar-refractivity contribution in [3.8, 4) is 0 Å². The van der Waals surface area contributed by atoms with Crippen molar-refractivity contribution in [2.75, 3.05) is 46.4 Å². The summed E-state index contributed by atoms with van der Waals surface area (Å²) in [6.45, 7) is 9.16. The number of morpholine rings is 1. The number of carbonyl (C=O) groups is 1. The Hall–Kier alpha value is -0.360. The van der Waals surface area contributed by atoms with Gasteiger partial charge in [0.1, 0.15) is 0 Å². The van der Waals surface area contributed by atoms with Crippen LogP contribution in [-0.2, 0) is 9.53 Å². The average Bonchev–Trinajstić information content (AvgIpc) is 2.44. The Morgan fingerprint density at radius 3 is 2.35 bits per heavy atom. The van der Waals surface area contributed by atoms with Gasteiger partial charge in [-0.3, -0.25) is 9.69 Å². The molecule has 5 nitrogen and oxygen atoms in total. The second kappa shape index (κ2) is 11.3. The highest BCUT2D eigenvalue weighted by atomic mass is 35.5. The molecule has 2 N–H and O–H groups in total. The fourth-order valence-corrected chi connectivity index (χ4v) is 2.78. The van der Waals surface area contributed by atoms with Crippen molar-refractivity contribution >= 4 is 18.3 Å². The summed E-state index contributed by atoms with van der Waals surface area (Å²) in [5, 5.41) is 5.93. The Morgan fingerprint density at radius 2 is 1.85 bits per heavy atom. The lowest BCUT2D eigenvalue weighted by Gasteiger charge is -2.38. The lowest BCUT2D eigenvalue weighted by molar-refractivity contribution is -0.120. The van der Waals surface area contributed by atoms with Crippen molar-refractivity contribution in [2.45, 2.75) is 32.7 Å². The third-order valence-electron chi connectivity index (χ3n) is 3.95. The number of halogens is 1. The van der Waals surface area contributed by atoms with Crippen molar-refractivity contribution in [2.24, 2.45) is 5.92 Å². The molecule has 1 saturated heterocycles. The zero-order valence-electron chi connectivity index (χ0n) is 13.0. The Labute approximate surface area is 129 Å². The largest absolute Gasteiger partial charge is 0.379 e. The van der Waals surface area contributed by atoms with Crippen LogP contribution in [0.15, 0.2) is 0 Å². The Bertz CT molecular complexity index is 257. The minimum absolute atomic E-state index is 0. The molecule has 1 unspecified atom stereocenters. The van der Waals surface area contributed by atoms with E-state index in [1.54, 1.807) is 7.05 Å². The molecule has 0 aromatic rings. The van der Waals surface area contributed by atoms with Gasteiger partial charge in [-0.1, -0.05) is 26.7 Å². The molecule has 6 heteroatoms. The van der Waals surface area contributed by atoms with Gasteiger partial charge < -0.3 is 15.4 Å². The van der Waals surface area contributed by atoms with Crippen molar-refractivity contribution in [1.82, 2.24) is 15.5 Å². The first-order valence-electron chi connectivity index (χ1n) is 7.46. The van der Waals surface area contributed by atoms with Gasteiger partial charge in [-0.05, 0) is 13.0 Å². The number of nitrogens with zero attached hydrogens (tertiary/aromatic N) is 1. The molecule has 1 atom stereocenters. The molecule has 1 rings (SSSR count). The monoisotopic (exact) mass is 307 g/mol. The summed E-state index contributed by atoms with van der Waals surface area (Å²) in [7, 11) is 1.79. The summed E-state index contributed by atoms with van der Waals surface area (Å²) in [5.74, 6) is 0.708. The molecule has 120 valence electrons. The van der Waals surface area contributed by atoms with Crippen LogP contribution in [0, 0.1) is 5.92 Å². The van der Waals surface area contributed by atoms with Gasteiger partial charge in [0.2, 0.25) is 5.91 Å². The maximum absolute atomic E-state index is 11.6. The fourth-order valence-electron chi connectivity index (χ4n) is 2.78. The highest BCUT2D eigenvalue weighted by molar-refractivity contribution is 5.85. The predicted molar refractivity (Wildman–Crippen MR) is 84.4 cm³/mol. The van der Waals surface area contributed by atoms with E-state index in [0.29, 0.717) is 18.5 Å². The van der Waals surface area contributed by atoms with E-state index in [1.165, 1.54) is 0 Å². The van der Waals surface area contributed by atoms with E-state index >= 15 is 0 Å². The SMILES string of the molecule is CCC(CC)C(CNC(=O)CNC)N1CCOCC1.Cl. The van der Waals surface area contributed by atoms with E-state index in [0.717, 1.165) is 45.7 Å². The minimum atomic E-state index is 0. The van der Waals surface area contributed by atoms with Crippen LogP contribution >= 0.6 is 12.4 Å². The highest BCUT2D eigenvalue weighted by Gasteiger charge is 2.27. The number of amides is 1. The van der Waals surface area contributed by atoms with Gasteiger partial charge in [-0.2, -0.15) is 0 Å². The van der Waals surface area contributed by atoms with E-state index in [-0.39, 0.29) is 18.3 Å².